The van der Waals surface area contributed by atoms with Crippen molar-refractivity contribution in [1.82, 2.24) is 4.98 Å². The van der Waals surface area contributed by atoms with Crippen LogP contribution in [0, 0.1) is 0 Å². The van der Waals surface area contributed by atoms with Crippen molar-refractivity contribution in [3.8, 4) is 33.5 Å². The Labute approximate surface area is 258 Å². The minimum absolute atomic E-state index is 0.204. The fraction of sp³-hybridized carbons (Fsp3) is 0.0930. The first-order valence-corrected chi connectivity index (χ1v) is 15.5. The van der Waals surface area contributed by atoms with E-state index in [0.29, 0.717) is 0 Å². The van der Waals surface area contributed by atoms with Crippen LogP contribution in [0.25, 0.3) is 44.4 Å². The lowest BCUT2D eigenvalue weighted by molar-refractivity contribution is 0.565. The smallest absolute Gasteiger partial charge is 0.0719 e. The SMILES string of the molecule is CC1(C)c2ccccc2C2(c3ccccc3-c3ccccc32)c2cccc(-c3ccc4nc(-c5ccccc5)ccc4c3)c21. The summed E-state index contributed by atoms with van der Waals surface area (Å²) in [5.74, 6) is 0. The first-order chi connectivity index (χ1) is 21.6. The lowest BCUT2D eigenvalue weighted by Crippen LogP contribution is -2.41. The van der Waals surface area contributed by atoms with E-state index in [4.69, 9.17) is 4.98 Å². The van der Waals surface area contributed by atoms with Crippen LogP contribution in [0.3, 0.4) is 0 Å². The number of benzene rings is 6. The topological polar surface area (TPSA) is 12.9 Å². The van der Waals surface area contributed by atoms with Gasteiger partial charge in [0.25, 0.3) is 0 Å². The third kappa shape index (κ3) is 3.27. The first-order valence-electron chi connectivity index (χ1n) is 15.5. The van der Waals surface area contributed by atoms with E-state index in [1.807, 2.05) is 6.07 Å². The van der Waals surface area contributed by atoms with E-state index >= 15 is 0 Å². The molecule has 0 amide bonds. The maximum absolute atomic E-state index is 5.03. The van der Waals surface area contributed by atoms with E-state index in [0.717, 1.165) is 22.2 Å². The Bertz CT molecular complexity index is 2210. The Kier molecular flexibility index (Phi) is 5.23. The third-order valence-corrected chi connectivity index (χ3v) is 10.1. The van der Waals surface area contributed by atoms with Crippen LogP contribution in [-0.4, -0.2) is 4.98 Å². The van der Waals surface area contributed by atoms with Crippen LogP contribution in [0.1, 0.15) is 47.2 Å². The molecule has 6 aromatic carbocycles. The summed E-state index contributed by atoms with van der Waals surface area (Å²) in [5.41, 5.74) is 16.1. The molecule has 0 unspecified atom stereocenters. The fourth-order valence-corrected chi connectivity index (χ4v) is 8.29. The van der Waals surface area contributed by atoms with Crippen LogP contribution < -0.4 is 0 Å². The van der Waals surface area contributed by atoms with Gasteiger partial charge in [0, 0.05) is 16.4 Å². The second-order valence-electron chi connectivity index (χ2n) is 12.7. The third-order valence-electron chi connectivity index (χ3n) is 10.1. The van der Waals surface area contributed by atoms with Crippen LogP contribution in [0.15, 0.2) is 152 Å². The van der Waals surface area contributed by atoms with E-state index < -0.39 is 0 Å². The zero-order valence-corrected chi connectivity index (χ0v) is 24.9. The Morgan fingerprint density at radius 1 is 0.432 bits per heavy atom. The second kappa shape index (κ2) is 9.11. The van der Waals surface area contributed by atoms with E-state index in [-0.39, 0.29) is 10.8 Å². The van der Waals surface area contributed by atoms with E-state index in [9.17, 15) is 0 Å². The van der Waals surface area contributed by atoms with Gasteiger partial charge in [-0.2, -0.15) is 0 Å². The Hall–Kier alpha value is -5.27. The lowest BCUT2D eigenvalue weighted by atomic mass is 9.54. The number of hydrogen-bond acceptors (Lipinski definition) is 1. The molecule has 1 nitrogen and oxygen atoms in total. The number of fused-ring (bicyclic) bond motifs is 10. The molecule has 0 saturated carbocycles. The highest BCUT2D eigenvalue weighted by atomic mass is 14.7. The molecule has 0 atom stereocenters. The van der Waals surface area contributed by atoms with Gasteiger partial charge < -0.3 is 0 Å². The van der Waals surface area contributed by atoms with Gasteiger partial charge in [-0.05, 0) is 73.8 Å². The summed E-state index contributed by atoms with van der Waals surface area (Å²) in [7, 11) is 0. The second-order valence-corrected chi connectivity index (χ2v) is 12.7. The van der Waals surface area contributed by atoms with Crippen LogP contribution >= 0.6 is 0 Å². The van der Waals surface area contributed by atoms with Gasteiger partial charge in [0.05, 0.1) is 16.6 Å². The lowest BCUT2D eigenvalue weighted by Gasteiger charge is -2.47. The number of pyridine rings is 1. The molecule has 2 aliphatic rings. The molecule has 44 heavy (non-hydrogen) atoms. The molecule has 1 heterocycles. The number of nitrogens with zero attached hydrogens (tertiary/aromatic N) is 1. The summed E-state index contributed by atoms with van der Waals surface area (Å²) < 4.78 is 0. The van der Waals surface area contributed by atoms with Gasteiger partial charge in [-0.15, -0.1) is 0 Å². The molecule has 2 aliphatic carbocycles. The summed E-state index contributed by atoms with van der Waals surface area (Å²) in [6, 6.07) is 55.8. The minimum atomic E-state index is -0.381. The van der Waals surface area contributed by atoms with Gasteiger partial charge >= 0.3 is 0 Å². The Morgan fingerprint density at radius 3 is 1.75 bits per heavy atom. The highest BCUT2D eigenvalue weighted by molar-refractivity contribution is 5.92. The van der Waals surface area contributed by atoms with Crippen molar-refractivity contribution in [2.45, 2.75) is 24.7 Å². The van der Waals surface area contributed by atoms with Gasteiger partial charge in [-0.25, -0.2) is 4.98 Å². The van der Waals surface area contributed by atoms with Crippen molar-refractivity contribution in [1.29, 1.82) is 0 Å². The van der Waals surface area contributed by atoms with Gasteiger partial charge in [0.1, 0.15) is 0 Å². The molecule has 0 aliphatic heterocycles. The molecule has 1 spiro atoms. The average molecular weight is 562 g/mol. The molecule has 0 fully saturated rings. The van der Waals surface area contributed by atoms with Crippen LogP contribution in [-0.2, 0) is 10.8 Å². The predicted molar refractivity (Wildman–Crippen MR) is 182 cm³/mol. The number of hydrogen-bond donors (Lipinski definition) is 0. The van der Waals surface area contributed by atoms with E-state index in [2.05, 4.69) is 159 Å². The van der Waals surface area contributed by atoms with Crippen molar-refractivity contribution >= 4 is 10.9 Å². The molecule has 0 saturated heterocycles. The summed E-state index contributed by atoms with van der Waals surface area (Å²) in [6.45, 7) is 4.81. The maximum Gasteiger partial charge on any atom is 0.0719 e. The van der Waals surface area contributed by atoms with Crippen molar-refractivity contribution in [2.75, 3.05) is 0 Å². The Balaban J connectivity index is 1.33. The largest absolute Gasteiger partial charge is 0.248 e. The van der Waals surface area contributed by atoms with Gasteiger partial charge in [0.15, 0.2) is 0 Å². The van der Waals surface area contributed by atoms with Gasteiger partial charge in [-0.1, -0.05) is 147 Å². The number of rotatable bonds is 2. The molecule has 9 rings (SSSR count). The molecule has 1 aromatic heterocycles. The van der Waals surface area contributed by atoms with Crippen LogP contribution in [0.4, 0.5) is 0 Å². The predicted octanol–water partition coefficient (Wildman–Crippen LogP) is 10.6. The maximum atomic E-state index is 5.03. The summed E-state index contributed by atoms with van der Waals surface area (Å²) in [6.07, 6.45) is 0. The highest BCUT2D eigenvalue weighted by Crippen LogP contribution is 2.63. The minimum Gasteiger partial charge on any atom is -0.248 e. The molecule has 0 N–H and O–H groups in total. The van der Waals surface area contributed by atoms with E-state index in [1.165, 1.54) is 55.6 Å². The van der Waals surface area contributed by atoms with Crippen molar-refractivity contribution < 1.29 is 0 Å². The zero-order valence-electron chi connectivity index (χ0n) is 24.9. The van der Waals surface area contributed by atoms with Gasteiger partial charge in [0.2, 0.25) is 0 Å². The molecule has 0 radical (unpaired) electrons. The molecular weight excluding hydrogens is 530 g/mol. The van der Waals surface area contributed by atoms with Gasteiger partial charge in [-0.3, -0.25) is 0 Å². The normalized spacial score (nSPS) is 15.0. The molecular formula is C43H31N. The van der Waals surface area contributed by atoms with Crippen molar-refractivity contribution in [3.05, 3.63) is 185 Å². The zero-order chi connectivity index (χ0) is 29.5. The summed E-state index contributed by atoms with van der Waals surface area (Å²) >= 11 is 0. The van der Waals surface area contributed by atoms with Crippen LogP contribution in [0.5, 0.6) is 0 Å². The quantitative estimate of drug-likeness (QED) is 0.205. The standard InChI is InChI=1S/C43H31N/c1-42(2)36-20-10-11-21-37(36)43(34-18-8-6-15-32(34)33-16-7-9-19-35(33)43)38-22-12-17-31(41(38)42)29-23-25-40-30(27-29)24-26-39(44-40)28-13-4-3-5-14-28/h3-27H,1-2H3. The number of aromatic nitrogens is 1. The van der Waals surface area contributed by atoms with Crippen LogP contribution in [0.2, 0.25) is 0 Å². The molecule has 1 heteroatoms. The molecule has 0 bridgehead atoms. The fourth-order valence-electron chi connectivity index (χ4n) is 8.29. The van der Waals surface area contributed by atoms with E-state index in [1.54, 1.807) is 0 Å². The molecule has 7 aromatic rings. The Morgan fingerprint density at radius 2 is 1.02 bits per heavy atom. The summed E-state index contributed by atoms with van der Waals surface area (Å²) in [4.78, 5) is 5.03. The molecule has 208 valence electrons. The first kappa shape index (κ1) is 25.2. The average Bonchev–Trinajstić information content (AvgIpc) is 3.38. The highest BCUT2D eigenvalue weighted by Gasteiger charge is 2.53. The summed E-state index contributed by atoms with van der Waals surface area (Å²) in [5, 5.41) is 1.15. The monoisotopic (exact) mass is 561 g/mol. The van der Waals surface area contributed by atoms with Crippen molar-refractivity contribution in [3.63, 3.8) is 0 Å². The van der Waals surface area contributed by atoms with Crippen molar-refractivity contribution in [2.24, 2.45) is 0 Å².